The zero-order valence-electron chi connectivity index (χ0n) is 17.8. The third-order valence-electron chi connectivity index (χ3n) is 5.56. The maximum atomic E-state index is 12.5. The van der Waals surface area contributed by atoms with Crippen LogP contribution in [0.2, 0.25) is 0 Å². The number of carbonyl (C=O) groups is 2. The number of alkyl halides is 3. The first-order chi connectivity index (χ1) is 15.0. The van der Waals surface area contributed by atoms with Gasteiger partial charge >= 0.3 is 12.1 Å². The summed E-state index contributed by atoms with van der Waals surface area (Å²) in [5.41, 5.74) is 4.50. The lowest BCUT2D eigenvalue weighted by atomic mass is 10.0. The van der Waals surface area contributed by atoms with Gasteiger partial charge in [0.1, 0.15) is 5.69 Å². The van der Waals surface area contributed by atoms with Crippen LogP contribution in [0.3, 0.4) is 0 Å². The summed E-state index contributed by atoms with van der Waals surface area (Å²) in [6.07, 6.45) is -0.348. The van der Waals surface area contributed by atoms with Crippen molar-refractivity contribution in [1.82, 2.24) is 19.8 Å². The fraction of sp³-hybridized carbons (Fsp3) is 0.455. The SMILES string of the molecule is Cc1cc(C)cc(CN2C[C@@H]3CN(C(=O)c4cnccn4)C[C@@H]3C2)c1.O=C(O)C(F)(F)F. The van der Waals surface area contributed by atoms with Gasteiger partial charge in [-0.25, -0.2) is 9.78 Å². The van der Waals surface area contributed by atoms with Crippen molar-refractivity contribution in [3.05, 3.63) is 59.2 Å². The smallest absolute Gasteiger partial charge is 0.475 e. The summed E-state index contributed by atoms with van der Waals surface area (Å²) >= 11 is 0. The molecule has 2 aromatic rings. The molecule has 2 aliphatic rings. The van der Waals surface area contributed by atoms with Crippen molar-refractivity contribution < 1.29 is 27.9 Å². The van der Waals surface area contributed by atoms with E-state index in [9.17, 15) is 18.0 Å². The van der Waals surface area contributed by atoms with E-state index in [4.69, 9.17) is 9.90 Å². The lowest BCUT2D eigenvalue weighted by molar-refractivity contribution is -0.192. The lowest BCUT2D eigenvalue weighted by Gasteiger charge is -2.21. The second-order valence-corrected chi connectivity index (χ2v) is 8.31. The number of carbonyl (C=O) groups excluding carboxylic acids is 1. The molecule has 0 unspecified atom stereocenters. The fourth-order valence-electron chi connectivity index (χ4n) is 4.38. The van der Waals surface area contributed by atoms with E-state index in [1.165, 1.54) is 16.7 Å². The Morgan fingerprint density at radius 1 is 1.03 bits per heavy atom. The van der Waals surface area contributed by atoms with E-state index >= 15 is 0 Å². The molecule has 0 bridgehead atoms. The number of aliphatic carboxylic acids is 1. The zero-order chi connectivity index (χ0) is 23.5. The van der Waals surface area contributed by atoms with E-state index in [0.29, 0.717) is 17.5 Å². The molecule has 2 saturated heterocycles. The third kappa shape index (κ3) is 6.03. The summed E-state index contributed by atoms with van der Waals surface area (Å²) in [6.45, 7) is 9.14. The van der Waals surface area contributed by atoms with Crippen LogP contribution in [-0.2, 0) is 11.3 Å². The molecule has 1 aromatic carbocycles. The molecule has 0 radical (unpaired) electrons. The molecular formula is C22H25F3N4O3. The second-order valence-electron chi connectivity index (χ2n) is 8.31. The van der Waals surface area contributed by atoms with Crippen LogP contribution >= 0.6 is 0 Å². The second kappa shape index (κ2) is 9.64. The molecule has 2 fully saturated rings. The molecule has 4 rings (SSSR count). The summed E-state index contributed by atoms with van der Waals surface area (Å²) in [6, 6.07) is 6.79. The Hall–Kier alpha value is -3.01. The van der Waals surface area contributed by atoms with Crippen molar-refractivity contribution >= 4 is 11.9 Å². The normalized spacial score (nSPS) is 20.5. The summed E-state index contributed by atoms with van der Waals surface area (Å²) in [4.78, 5) is 34.1. The number of likely N-dealkylation sites (tertiary alicyclic amines) is 2. The Bertz CT molecular complexity index is 934. The van der Waals surface area contributed by atoms with E-state index in [2.05, 4.69) is 46.9 Å². The summed E-state index contributed by atoms with van der Waals surface area (Å²) in [7, 11) is 0. The summed E-state index contributed by atoms with van der Waals surface area (Å²) in [5.74, 6) is -1.59. The first-order valence-corrected chi connectivity index (χ1v) is 10.2. The highest BCUT2D eigenvalue weighted by molar-refractivity contribution is 5.92. The highest BCUT2D eigenvalue weighted by Gasteiger charge is 2.42. The Balaban J connectivity index is 0.000000360. The number of hydrogen-bond acceptors (Lipinski definition) is 5. The van der Waals surface area contributed by atoms with Gasteiger partial charge in [0.15, 0.2) is 0 Å². The molecule has 2 aliphatic heterocycles. The van der Waals surface area contributed by atoms with Crippen LogP contribution in [0.4, 0.5) is 13.2 Å². The largest absolute Gasteiger partial charge is 0.490 e. The predicted octanol–water partition coefficient (Wildman–Crippen LogP) is 2.93. The van der Waals surface area contributed by atoms with E-state index in [1.807, 2.05) is 4.90 Å². The molecule has 172 valence electrons. The van der Waals surface area contributed by atoms with Crippen molar-refractivity contribution in [3.8, 4) is 0 Å². The van der Waals surface area contributed by atoms with Gasteiger partial charge in [0.25, 0.3) is 5.91 Å². The first-order valence-electron chi connectivity index (χ1n) is 10.2. The van der Waals surface area contributed by atoms with E-state index < -0.39 is 12.1 Å². The number of rotatable bonds is 3. The van der Waals surface area contributed by atoms with Crippen LogP contribution in [0.15, 0.2) is 36.8 Å². The first kappa shape index (κ1) is 23.6. The fourth-order valence-corrected chi connectivity index (χ4v) is 4.38. The molecule has 2 atom stereocenters. The summed E-state index contributed by atoms with van der Waals surface area (Å²) in [5, 5.41) is 7.12. The Morgan fingerprint density at radius 3 is 2.06 bits per heavy atom. The molecule has 3 heterocycles. The van der Waals surface area contributed by atoms with Gasteiger partial charge in [-0.05, 0) is 31.2 Å². The van der Waals surface area contributed by atoms with Gasteiger partial charge in [0.2, 0.25) is 0 Å². The van der Waals surface area contributed by atoms with Gasteiger partial charge in [-0.3, -0.25) is 14.7 Å². The number of amides is 1. The van der Waals surface area contributed by atoms with E-state index in [-0.39, 0.29) is 5.91 Å². The van der Waals surface area contributed by atoms with Crippen LogP contribution in [0.1, 0.15) is 27.2 Å². The highest BCUT2D eigenvalue weighted by atomic mass is 19.4. The zero-order valence-corrected chi connectivity index (χ0v) is 17.8. The topological polar surface area (TPSA) is 86.6 Å². The van der Waals surface area contributed by atoms with Gasteiger partial charge in [0, 0.05) is 45.1 Å². The molecule has 10 heteroatoms. The minimum atomic E-state index is -5.08. The number of carboxylic acid groups (broad SMARTS) is 1. The standard InChI is InChI=1S/C20H24N4O.C2HF3O2/c1-14-5-15(2)7-16(6-14)9-23-10-17-12-24(13-18(17)11-23)20(25)19-8-21-3-4-22-19;3-2(4,5)1(6)7/h3-8,17-18H,9-13H2,1-2H3;(H,6,7)/t17-,18+;. The lowest BCUT2D eigenvalue weighted by Crippen LogP contribution is -2.33. The Labute approximate surface area is 183 Å². The monoisotopic (exact) mass is 450 g/mol. The molecule has 0 saturated carbocycles. The van der Waals surface area contributed by atoms with Crippen molar-refractivity contribution in [3.63, 3.8) is 0 Å². The molecule has 1 amide bonds. The van der Waals surface area contributed by atoms with Gasteiger partial charge in [0.05, 0.1) is 6.20 Å². The van der Waals surface area contributed by atoms with Gasteiger partial charge in [-0.15, -0.1) is 0 Å². The average Bonchev–Trinajstić information content (AvgIpc) is 3.25. The number of nitrogens with zero attached hydrogens (tertiary/aromatic N) is 4. The Morgan fingerprint density at radius 2 is 1.59 bits per heavy atom. The molecule has 1 aromatic heterocycles. The molecule has 7 nitrogen and oxygen atoms in total. The number of aryl methyl sites for hydroxylation is 2. The number of benzene rings is 1. The Kier molecular flexibility index (Phi) is 7.12. The van der Waals surface area contributed by atoms with Gasteiger partial charge in [-0.1, -0.05) is 29.3 Å². The maximum Gasteiger partial charge on any atom is 0.490 e. The predicted molar refractivity (Wildman–Crippen MR) is 110 cm³/mol. The van der Waals surface area contributed by atoms with Crippen molar-refractivity contribution in [2.75, 3.05) is 26.2 Å². The summed E-state index contributed by atoms with van der Waals surface area (Å²) < 4.78 is 31.7. The molecular weight excluding hydrogens is 425 g/mol. The number of carboxylic acids is 1. The van der Waals surface area contributed by atoms with Crippen LogP contribution in [0.5, 0.6) is 0 Å². The number of hydrogen-bond donors (Lipinski definition) is 1. The van der Waals surface area contributed by atoms with Crippen molar-refractivity contribution in [2.24, 2.45) is 11.8 Å². The van der Waals surface area contributed by atoms with Crippen molar-refractivity contribution in [1.29, 1.82) is 0 Å². The van der Waals surface area contributed by atoms with Crippen LogP contribution < -0.4 is 0 Å². The molecule has 32 heavy (non-hydrogen) atoms. The molecule has 1 N–H and O–H groups in total. The van der Waals surface area contributed by atoms with Crippen LogP contribution in [0.25, 0.3) is 0 Å². The quantitative estimate of drug-likeness (QED) is 0.774. The van der Waals surface area contributed by atoms with Crippen LogP contribution in [-0.4, -0.2) is 69.1 Å². The third-order valence-corrected chi connectivity index (χ3v) is 5.56. The minimum Gasteiger partial charge on any atom is -0.475 e. The number of halogens is 3. The molecule has 0 aliphatic carbocycles. The van der Waals surface area contributed by atoms with E-state index in [1.54, 1.807) is 18.6 Å². The average molecular weight is 450 g/mol. The van der Waals surface area contributed by atoms with Gasteiger partial charge < -0.3 is 10.0 Å². The maximum absolute atomic E-state index is 12.5. The van der Waals surface area contributed by atoms with Crippen molar-refractivity contribution in [2.45, 2.75) is 26.6 Å². The van der Waals surface area contributed by atoms with Crippen LogP contribution in [0, 0.1) is 25.7 Å². The number of aromatic nitrogens is 2. The molecule has 0 spiro atoms. The highest BCUT2D eigenvalue weighted by Crippen LogP contribution is 2.32. The minimum absolute atomic E-state index is 0.0170. The van der Waals surface area contributed by atoms with E-state index in [0.717, 1.165) is 32.7 Å². The number of fused-ring (bicyclic) bond motifs is 1. The van der Waals surface area contributed by atoms with Gasteiger partial charge in [-0.2, -0.15) is 13.2 Å².